The molecule has 0 saturated carbocycles. The van der Waals surface area contributed by atoms with E-state index in [2.05, 4.69) is 27.4 Å². The molecule has 1 unspecified atom stereocenters. The van der Waals surface area contributed by atoms with Crippen molar-refractivity contribution in [1.82, 2.24) is 0 Å². The molecule has 0 aromatic heterocycles. The van der Waals surface area contributed by atoms with Crippen LogP contribution >= 0.6 is 11.8 Å². The minimum absolute atomic E-state index is 0.000827. The van der Waals surface area contributed by atoms with E-state index in [9.17, 15) is 4.79 Å². The minimum Gasteiger partial charge on any atom is -0.287 e. The molecule has 0 aliphatic rings. The molecule has 2 heteroatoms. The summed E-state index contributed by atoms with van der Waals surface area (Å²) in [4.78, 5) is 13.6. The van der Waals surface area contributed by atoms with Crippen molar-refractivity contribution in [2.24, 2.45) is 11.3 Å². The lowest BCUT2D eigenvalue weighted by molar-refractivity contribution is -0.116. The number of thioether (sulfide) groups is 1. The Balaban J connectivity index is 3.15. The molecule has 22 heavy (non-hydrogen) atoms. The normalized spacial score (nSPS) is 14.1. The number of rotatable bonds is 5. The zero-order chi connectivity index (χ0) is 16.8. The summed E-state index contributed by atoms with van der Waals surface area (Å²) in [5, 5.41) is 0.207. The van der Waals surface area contributed by atoms with Crippen LogP contribution in [0.1, 0.15) is 40.2 Å². The maximum absolute atomic E-state index is 12.6. The second-order valence-electron chi connectivity index (χ2n) is 6.36. The number of carbonyl (C=O) groups excluding carboxylic acids is 1. The van der Waals surface area contributed by atoms with Gasteiger partial charge in [0, 0.05) is 10.8 Å². The van der Waals surface area contributed by atoms with Gasteiger partial charge in [-0.3, -0.25) is 4.79 Å². The Morgan fingerprint density at radius 3 is 2.45 bits per heavy atom. The van der Waals surface area contributed by atoms with Gasteiger partial charge in [-0.25, -0.2) is 0 Å². The van der Waals surface area contributed by atoms with Crippen molar-refractivity contribution in [3.63, 3.8) is 0 Å². The van der Waals surface area contributed by atoms with Crippen molar-refractivity contribution in [2.45, 2.75) is 39.5 Å². The third-order valence-corrected chi connectivity index (χ3v) is 4.84. The van der Waals surface area contributed by atoms with Gasteiger partial charge in [0.15, 0.2) is 5.12 Å². The molecular formula is C20H26OS. The molecule has 0 amide bonds. The molecular weight excluding hydrogens is 288 g/mol. The Morgan fingerprint density at radius 2 is 1.91 bits per heavy atom. The van der Waals surface area contributed by atoms with E-state index in [4.69, 9.17) is 0 Å². The highest BCUT2D eigenvalue weighted by molar-refractivity contribution is 8.13. The van der Waals surface area contributed by atoms with Crippen LogP contribution in [-0.2, 0) is 4.79 Å². The van der Waals surface area contributed by atoms with Crippen LogP contribution in [0.5, 0.6) is 0 Å². The molecule has 118 valence electrons. The molecule has 1 aromatic rings. The van der Waals surface area contributed by atoms with E-state index >= 15 is 0 Å². The summed E-state index contributed by atoms with van der Waals surface area (Å²) in [5.41, 5.74) is 2.11. The first-order valence-electron chi connectivity index (χ1n) is 7.57. The molecule has 1 nitrogen and oxygen atoms in total. The van der Waals surface area contributed by atoms with E-state index < -0.39 is 0 Å². The van der Waals surface area contributed by atoms with Crippen molar-refractivity contribution in [2.75, 3.05) is 0 Å². The first-order valence-corrected chi connectivity index (χ1v) is 8.39. The fraction of sp³-hybridized carbons (Fsp3) is 0.350. The summed E-state index contributed by atoms with van der Waals surface area (Å²) < 4.78 is 0. The highest BCUT2D eigenvalue weighted by atomic mass is 32.2. The van der Waals surface area contributed by atoms with Crippen LogP contribution in [0, 0.1) is 11.3 Å². The zero-order valence-corrected chi connectivity index (χ0v) is 15.0. The Hall–Kier alpha value is -1.54. The summed E-state index contributed by atoms with van der Waals surface area (Å²) in [5.74, 6) is -0.000827. The zero-order valence-electron chi connectivity index (χ0n) is 14.2. The van der Waals surface area contributed by atoms with Crippen molar-refractivity contribution in [1.29, 1.82) is 0 Å². The topological polar surface area (TPSA) is 17.1 Å². The van der Waals surface area contributed by atoms with Crippen LogP contribution in [0.15, 0.2) is 60.0 Å². The van der Waals surface area contributed by atoms with Gasteiger partial charge >= 0.3 is 0 Å². The highest BCUT2D eigenvalue weighted by Crippen LogP contribution is 2.35. The first-order chi connectivity index (χ1) is 10.3. The van der Waals surface area contributed by atoms with Crippen LogP contribution in [0.2, 0.25) is 0 Å². The number of allylic oxidation sites excluding steroid dienone is 5. The van der Waals surface area contributed by atoms with Gasteiger partial charge in [-0.15, -0.1) is 0 Å². The third-order valence-electron chi connectivity index (χ3n) is 3.70. The van der Waals surface area contributed by atoms with E-state index in [0.717, 1.165) is 16.0 Å². The minimum atomic E-state index is -0.0257. The molecule has 1 rings (SSSR count). The monoisotopic (exact) mass is 314 g/mol. The van der Waals surface area contributed by atoms with E-state index in [-0.39, 0.29) is 16.4 Å². The predicted molar refractivity (Wildman–Crippen MR) is 98.9 cm³/mol. The summed E-state index contributed by atoms with van der Waals surface area (Å²) in [6.45, 7) is 14.1. The van der Waals surface area contributed by atoms with Crippen molar-refractivity contribution in [3.05, 3.63) is 60.7 Å². The van der Waals surface area contributed by atoms with Crippen LogP contribution in [0.25, 0.3) is 5.57 Å². The fourth-order valence-corrected chi connectivity index (χ4v) is 3.08. The number of hydrogen-bond acceptors (Lipinski definition) is 2. The lowest BCUT2D eigenvalue weighted by atomic mass is 9.83. The van der Waals surface area contributed by atoms with Gasteiger partial charge in [0.2, 0.25) is 0 Å². The summed E-state index contributed by atoms with van der Waals surface area (Å²) in [6.07, 6.45) is 7.78. The maximum Gasteiger partial charge on any atom is 0.197 e. The number of hydrogen-bond donors (Lipinski definition) is 0. The van der Waals surface area contributed by atoms with Crippen LogP contribution in [-0.4, -0.2) is 5.12 Å². The SMILES string of the molecule is C=C/C=C(\C=C/C)c1ccccc1SC(=O)C(C)C(C)(C)C. The van der Waals surface area contributed by atoms with Crippen molar-refractivity contribution >= 4 is 22.5 Å². The van der Waals surface area contributed by atoms with Gasteiger partial charge in [0.05, 0.1) is 0 Å². The largest absolute Gasteiger partial charge is 0.287 e. The van der Waals surface area contributed by atoms with Gasteiger partial charge in [-0.2, -0.15) is 0 Å². The predicted octanol–water partition coefficient (Wildman–Crippen LogP) is 6.13. The average molecular weight is 314 g/mol. The molecule has 1 atom stereocenters. The van der Waals surface area contributed by atoms with E-state index in [1.807, 2.05) is 56.3 Å². The van der Waals surface area contributed by atoms with Crippen LogP contribution in [0.3, 0.4) is 0 Å². The number of carbonyl (C=O) groups is 1. The van der Waals surface area contributed by atoms with Gasteiger partial charge < -0.3 is 0 Å². The molecule has 0 aliphatic carbocycles. The molecule has 0 aliphatic heterocycles. The second-order valence-corrected chi connectivity index (χ2v) is 7.41. The Labute approximate surface area is 139 Å². The quantitative estimate of drug-likeness (QED) is 0.480. The van der Waals surface area contributed by atoms with Crippen molar-refractivity contribution < 1.29 is 4.79 Å². The maximum atomic E-state index is 12.6. The Bertz CT molecular complexity index is 588. The first kappa shape index (κ1) is 18.5. The fourth-order valence-electron chi connectivity index (χ4n) is 1.89. The Kier molecular flexibility index (Phi) is 6.89. The smallest absolute Gasteiger partial charge is 0.197 e. The van der Waals surface area contributed by atoms with Crippen molar-refractivity contribution in [3.8, 4) is 0 Å². The van der Waals surface area contributed by atoms with Gasteiger partial charge in [0.25, 0.3) is 0 Å². The lowest BCUT2D eigenvalue weighted by Gasteiger charge is -2.25. The van der Waals surface area contributed by atoms with E-state index in [1.54, 1.807) is 6.08 Å². The van der Waals surface area contributed by atoms with Gasteiger partial charge in [-0.1, -0.05) is 88.5 Å². The van der Waals surface area contributed by atoms with Crippen LogP contribution in [0.4, 0.5) is 0 Å². The lowest BCUT2D eigenvalue weighted by Crippen LogP contribution is -2.23. The van der Waals surface area contributed by atoms with E-state index in [0.29, 0.717) is 0 Å². The summed E-state index contributed by atoms with van der Waals surface area (Å²) in [6, 6.07) is 8.03. The second kappa shape index (κ2) is 8.19. The molecule has 0 spiro atoms. The molecule has 1 aromatic carbocycles. The molecule has 0 radical (unpaired) electrons. The average Bonchev–Trinajstić information content (AvgIpc) is 2.46. The molecule has 0 bridgehead atoms. The van der Waals surface area contributed by atoms with Gasteiger partial charge in [0.1, 0.15) is 0 Å². The molecule has 0 saturated heterocycles. The van der Waals surface area contributed by atoms with Gasteiger partial charge in [-0.05, 0) is 29.5 Å². The molecule has 0 N–H and O–H groups in total. The van der Waals surface area contributed by atoms with E-state index in [1.165, 1.54) is 11.8 Å². The third kappa shape index (κ3) is 5.03. The number of benzene rings is 1. The molecule has 0 heterocycles. The molecule has 0 fully saturated rings. The standard InChI is InChI=1S/C20H26OS/c1-7-11-16(12-8-2)17-13-9-10-14-18(17)22-19(21)15(3)20(4,5)6/h7-15H,1H2,2-6H3/b12-8-,16-11+. The summed E-state index contributed by atoms with van der Waals surface area (Å²) in [7, 11) is 0. The highest BCUT2D eigenvalue weighted by Gasteiger charge is 2.27. The summed E-state index contributed by atoms with van der Waals surface area (Å²) >= 11 is 1.34. The van der Waals surface area contributed by atoms with Crippen LogP contribution < -0.4 is 0 Å². The Morgan fingerprint density at radius 1 is 1.27 bits per heavy atom.